The Balaban J connectivity index is 1.79. The van der Waals surface area contributed by atoms with Crippen molar-refractivity contribution in [2.75, 3.05) is 0 Å². The summed E-state index contributed by atoms with van der Waals surface area (Å²) < 4.78 is 27.3. The first kappa shape index (κ1) is 15.1. The van der Waals surface area contributed by atoms with E-state index in [1.165, 1.54) is 31.5 Å². The molecule has 0 spiro atoms. The highest BCUT2D eigenvalue weighted by Gasteiger charge is 2.22. The molecule has 3 heteroatoms. The lowest BCUT2D eigenvalue weighted by atomic mass is 9.77. The fourth-order valence-electron chi connectivity index (χ4n) is 3.46. The van der Waals surface area contributed by atoms with Crippen LogP contribution in [0.3, 0.4) is 0 Å². The number of hydrogen-bond donors (Lipinski definition) is 0. The molecular formula is C19H21F2N. The molecule has 1 aliphatic carbocycles. The molecule has 0 aliphatic heterocycles. The van der Waals surface area contributed by atoms with Crippen molar-refractivity contribution >= 4 is 0 Å². The molecule has 22 heavy (non-hydrogen) atoms. The Morgan fingerprint density at radius 2 is 1.82 bits per heavy atom. The van der Waals surface area contributed by atoms with Gasteiger partial charge >= 0.3 is 0 Å². The molecule has 1 saturated carbocycles. The molecule has 0 radical (unpaired) electrons. The van der Waals surface area contributed by atoms with Gasteiger partial charge in [-0.15, -0.1) is 0 Å². The van der Waals surface area contributed by atoms with Crippen LogP contribution in [0, 0.1) is 17.7 Å². The van der Waals surface area contributed by atoms with Crippen molar-refractivity contribution in [2.24, 2.45) is 5.92 Å². The van der Waals surface area contributed by atoms with Gasteiger partial charge < -0.3 is 0 Å². The van der Waals surface area contributed by atoms with Gasteiger partial charge in [0.1, 0.15) is 5.82 Å². The number of rotatable bonds is 3. The SMILES string of the molecule is CCC1CCC(c2ccc(-c3ccc(F)nc3)c(F)c2)CC1. The second-order valence-corrected chi connectivity index (χ2v) is 6.23. The highest BCUT2D eigenvalue weighted by molar-refractivity contribution is 5.63. The lowest BCUT2D eigenvalue weighted by Gasteiger charge is -2.28. The molecule has 1 aromatic heterocycles. The molecule has 0 N–H and O–H groups in total. The Kier molecular flexibility index (Phi) is 4.51. The summed E-state index contributed by atoms with van der Waals surface area (Å²) >= 11 is 0. The van der Waals surface area contributed by atoms with Gasteiger partial charge in [-0.25, -0.2) is 9.37 Å². The van der Waals surface area contributed by atoms with Crippen LogP contribution in [0.1, 0.15) is 50.5 Å². The fourth-order valence-corrected chi connectivity index (χ4v) is 3.46. The van der Waals surface area contributed by atoms with E-state index in [1.807, 2.05) is 6.07 Å². The van der Waals surface area contributed by atoms with Crippen LogP contribution in [0.15, 0.2) is 36.5 Å². The van der Waals surface area contributed by atoms with Gasteiger partial charge in [0.15, 0.2) is 0 Å². The predicted molar refractivity (Wildman–Crippen MR) is 84.6 cm³/mol. The molecule has 116 valence electrons. The van der Waals surface area contributed by atoms with Gasteiger partial charge in [0.05, 0.1) is 0 Å². The Labute approximate surface area is 130 Å². The fraction of sp³-hybridized carbons (Fsp3) is 0.421. The average molecular weight is 301 g/mol. The molecule has 2 aromatic rings. The quantitative estimate of drug-likeness (QED) is 0.662. The van der Waals surface area contributed by atoms with E-state index in [1.54, 1.807) is 18.2 Å². The topological polar surface area (TPSA) is 12.9 Å². The molecule has 1 aromatic carbocycles. The maximum Gasteiger partial charge on any atom is 0.212 e. The molecule has 0 unspecified atom stereocenters. The zero-order valence-corrected chi connectivity index (χ0v) is 12.9. The minimum atomic E-state index is -0.548. The minimum Gasteiger partial charge on any atom is -0.228 e. The number of nitrogens with zero attached hydrogens (tertiary/aromatic N) is 1. The van der Waals surface area contributed by atoms with Crippen LogP contribution in [0.25, 0.3) is 11.1 Å². The van der Waals surface area contributed by atoms with Crippen molar-refractivity contribution in [3.05, 3.63) is 53.9 Å². The monoisotopic (exact) mass is 301 g/mol. The molecule has 1 heterocycles. The van der Waals surface area contributed by atoms with Gasteiger partial charge in [-0.3, -0.25) is 0 Å². The van der Waals surface area contributed by atoms with Crippen molar-refractivity contribution < 1.29 is 8.78 Å². The summed E-state index contributed by atoms with van der Waals surface area (Å²) in [7, 11) is 0. The van der Waals surface area contributed by atoms with Gasteiger partial charge in [-0.1, -0.05) is 25.5 Å². The molecule has 1 nitrogen and oxygen atoms in total. The first-order valence-corrected chi connectivity index (χ1v) is 8.08. The van der Waals surface area contributed by atoms with Crippen LogP contribution in [0.5, 0.6) is 0 Å². The molecule has 1 aliphatic rings. The summed E-state index contributed by atoms with van der Waals surface area (Å²) in [5.41, 5.74) is 2.18. The third-order valence-corrected chi connectivity index (χ3v) is 4.93. The Morgan fingerprint density at radius 3 is 2.41 bits per heavy atom. The highest BCUT2D eigenvalue weighted by atomic mass is 19.1. The number of halogens is 2. The van der Waals surface area contributed by atoms with Gasteiger partial charge in [-0.2, -0.15) is 4.39 Å². The Hall–Kier alpha value is -1.77. The van der Waals surface area contributed by atoms with Gasteiger partial charge in [0.2, 0.25) is 5.95 Å². The smallest absolute Gasteiger partial charge is 0.212 e. The van der Waals surface area contributed by atoms with Crippen LogP contribution in [-0.4, -0.2) is 4.98 Å². The van der Waals surface area contributed by atoms with E-state index in [0.29, 0.717) is 17.0 Å². The van der Waals surface area contributed by atoms with Gasteiger partial charge in [0.25, 0.3) is 0 Å². The van der Waals surface area contributed by atoms with E-state index in [0.717, 1.165) is 24.3 Å². The van der Waals surface area contributed by atoms with Crippen LogP contribution >= 0.6 is 0 Å². The predicted octanol–water partition coefficient (Wildman–Crippen LogP) is 5.71. The van der Waals surface area contributed by atoms with E-state index < -0.39 is 5.95 Å². The lowest BCUT2D eigenvalue weighted by molar-refractivity contribution is 0.318. The van der Waals surface area contributed by atoms with Crippen LogP contribution in [-0.2, 0) is 0 Å². The standard InChI is InChI=1S/C19H21F2N/c1-2-13-3-5-14(6-4-13)15-7-9-17(18(20)11-15)16-8-10-19(21)22-12-16/h7-14H,2-6H2,1H3. The Morgan fingerprint density at radius 1 is 1.05 bits per heavy atom. The number of pyridine rings is 1. The third-order valence-electron chi connectivity index (χ3n) is 4.93. The zero-order valence-electron chi connectivity index (χ0n) is 12.9. The number of hydrogen-bond acceptors (Lipinski definition) is 1. The maximum atomic E-state index is 14.4. The normalized spacial score (nSPS) is 21.8. The van der Waals surface area contributed by atoms with E-state index in [9.17, 15) is 8.78 Å². The van der Waals surface area contributed by atoms with E-state index in [4.69, 9.17) is 0 Å². The first-order chi connectivity index (χ1) is 10.7. The molecule has 0 bridgehead atoms. The largest absolute Gasteiger partial charge is 0.228 e. The highest BCUT2D eigenvalue weighted by Crippen LogP contribution is 2.38. The van der Waals surface area contributed by atoms with Crippen molar-refractivity contribution in [3.8, 4) is 11.1 Å². The summed E-state index contributed by atoms with van der Waals surface area (Å²) in [4.78, 5) is 3.59. The van der Waals surface area contributed by atoms with E-state index in [-0.39, 0.29) is 5.82 Å². The molecular weight excluding hydrogens is 280 g/mol. The van der Waals surface area contributed by atoms with Gasteiger partial charge in [-0.05, 0) is 61.3 Å². The summed E-state index contributed by atoms with van der Waals surface area (Å²) in [6.07, 6.45) is 7.40. The second-order valence-electron chi connectivity index (χ2n) is 6.23. The van der Waals surface area contributed by atoms with E-state index in [2.05, 4.69) is 11.9 Å². The van der Waals surface area contributed by atoms with Crippen molar-refractivity contribution in [1.82, 2.24) is 4.98 Å². The minimum absolute atomic E-state index is 0.247. The summed E-state index contributed by atoms with van der Waals surface area (Å²) in [6, 6.07) is 8.28. The van der Waals surface area contributed by atoms with Crippen LogP contribution in [0.2, 0.25) is 0 Å². The van der Waals surface area contributed by atoms with Crippen LogP contribution in [0.4, 0.5) is 8.78 Å². The third kappa shape index (κ3) is 3.18. The average Bonchev–Trinajstić information content (AvgIpc) is 2.56. The first-order valence-electron chi connectivity index (χ1n) is 8.08. The maximum absolute atomic E-state index is 14.4. The molecule has 3 rings (SSSR count). The Bertz CT molecular complexity index is 628. The summed E-state index contributed by atoms with van der Waals surface area (Å²) in [5, 5.41) is 0. The number of aromatic nitrogens is 1. The molecule has 0 atom stereocenters. The van der Waals surface area contributed by atoms with Crippen molar-refractivity contribution in [2.45, 2.75) is 44.9 Å². The van der Waals surface area contributed by atoms with Gasteiger partial charge in [0, 0.05) is 17.3 Å². The zero-order chi connectivity index (χ0) is 15.5. The van der Waals surface area contributed by atoms with Crippen molar-refractivity contribution in [3.63, 3.8) is 0 Å². The molecule has 0 amide bonds. The molecule has 0 saturated heterocycles. The second kappa shape index (κ2) is 6.55. The molecule has 1 fully saturated rings. The van der Waals surface area contributed by atoms with E-state index >= 15 is 0 Å². The van der Waals surface area contributed by atoms with Crippen LogP contribution < -0.4 is 0 Å². The summed E-state index contributed by atoms with van der Waals surface area (Å²) in [6.45, 7) is 2.25. The van der Waals surface area contributed by atoms with Crippen molar-refractivity contribution in [1.29, 1.82) is 0 Å². The lowest BCUT2D eigenvalue weighted by Crippen LogP contribution is -2.12. The number of benzene rings is 1. The summed E-state index contributed by atoms with van der Waals surface area (Å²) in [5.74, 6) is 0.514.